The van der Waals surface area contributed by atoms with Crippen LogP contribution in [0.25, 0.3) is 0 Å². The van der Waals surface area contributed by atoms with Gasteiger partial charge in [0.15, 0.2) is 11.5 Å². The zero-order valence-corrected chi connectivity index (χ0v) is 15.6. The van der Waals surface area contributed by atoms with Crippen molar-refractivity contribution in [2.45, 2.75) is 32.5 Å². The molecule has 1 atom stereocenters. The second-order valence-electron chi connectivity index (χ2n) is 6.57. The average Bonchev–Trinajstić information content (AvgIpc) is 2.70. The molecule has 5 nitrogen and oxygen atoms in total. The van der Waals surface area contributed by atoms with Crippen LogP contribution in [-0.4, -0.2) is 37.6 Å². The van der Waals surface area contributed by atoms with Gasteiger partial charge in [-0.25, -0.2) is 0 Å². The second-order valence-corrected chi connectivity index (χ2v) is 6.57. The molecule has 1 aliphatic rings. The molecule has 0 fully saturated rings. The summed E-state index contributed by atoms with van der Waals surface area (Å²) in [4.78, 5) is 14.8. The highest BCUT2D eigenvalue weighted by atomic mass is 16.5. The lowest BCUT2D eigenvalue weighted by Crippen LogP contribution is -2.46. The molecule has 26 heavy (non-hydrogen) atoms. The molecule has 138 valence electrons. The predicted octanol–water partition coefficient (Wildman–Crippen LogP) is 2.77. The summed E-state index contributed by atoms with van der Waals surface area (Å²) < 4.78 is 10.6. The molecule has 3 rings (SSSR count). The summed E-state index contributed by atoms with van der Waals surface area (Å²) in [5, 5.41) is 3.03. The van der Waals surface area contributed by atoms with E-state index in [1.807, 2.05) is 25.1 Å². The first-order chi connectivity index (χ1) is 12.6. The first-order valence-electron chi connectivity index (χ1n) is 8.92. The Balaban J connectivity index is 1.58. The van der Waals surface area contributed by atoms with E-state index < -0.39 is 0 Å². The Kier molecular flexibility index (Phi) is 5.78. The van der Waals surface area contributed by atoms with Crippen LogP contribution < -0.4 is 14.8 Å². The number of hydrogen-bond donors (Lipinski definition) is 1. The fraction of sp³-hybridized carbons (Fsp3) is 0.381. The summed E-state index contributed by atoms with van der Waals surface area (Å²) in [6, 6.07) is 14.0. The predicted molar refractivity (Wildman–Crippen MR) is 101 cm³/mol. The van der Waals surface area contributed by atoms with E-state index in [2.05, 4.69) is 34.5 Å². The fourth-order valence-electron chi connectivity index (χ4n) is 3.34. The van der Waals surface area contributed by atoms with Gasteiger partial charge in [0.25, 0.3) is 0 Å². The number of nitrogens with zero attached hydrogens (tertiary/aromatic N) is 1. The Morgan fingerprint density at radius 2 is 1.85 bits per heavy atom. The topological polar surface area (TPSA) is 50.8 Å². The first-order valence-corrected chi connectivity index (χ1v) is 8.92. The minimum Gasteiger partial charge on any atom is -0.493 e. The molecule has 0 radical (unpaired) electrons. The monoisotopic (exact) mass is 354 g/mol. The average molecular weight is 354 g/mol. The highest BCUT2D eigenvalue weighted by Gasteiger charge is 2.25. The number of benzene rings is 2. The van der Waals surface area contributed by atoms with Crippen molar-refractivity contribution in [2.24, 2.45) is 0 Å². The van der Waals surface area contributed by atoms with E-state index in [1.54, 1.807) is 14.2 Å². The number of methoxy groups -OCH3 is 2. The summed E-state index contributed by atoms with van der Waals surface area (Å²) in [5.74, 6) is 1.39. The van der Waals surface area contributed by atoms with Crippen LogP contribution in [0.2, 0.25) is 0 Å². The van der Waals surface area contributed by atoms with Gasteiger partial charge in [-0.1, -0.05) is 30.3 Å². The standard InChI is InChI=1S/C21H26N2O3/c1-15(23-11-10-17-6-4-5-7-18(17)14-23)21(24)22-13-16-8-9-19(25-2)20(12-16)26-3/h4-9,12,15H,10-11,13-14H2,1-3H3,(H,22,24)/t15-/m1/s1. The van der Waals surface area contributed by atoms with Crippen molar-refractivity contribution in [3.8, 4) is 11.5 Å². The van der Waals surface area contributed by atoms with Gasteiger partial charge >= 0.3 is 0 Å². The van der Waals surface area contributed by atoms with Crippen molar-refractivity contribution in [2.75, 3.05) is 20.8 Å². The number of nitrogens with one attached hydrogen (secondary N) is 1. The molecule has 0 aromatic heterocycles. The van der Waals surface area contributed by atoms with E-state index in [0.29, 0.717) is 18.0 Å². The molecule has 1 aliphatic heterocycles. The van der Waals surface area contributed by atoms with Gasteiger partial charge in [0.1, 0.15) is 0 Å². The van der Waals surface area contributed by atoms with Crippen LogP contribution in [0.1, 0.15) is 23.6 Å². The third kappa shape index (κ3) is 3.99. The number of hydrogen-bond acceptors (Lipinski definition) is 4. The normalized spacial score (nSPS) is 15.0. The number of rotatable bonds is 6. The Hall–Kier alpha value is -2.53. The van der Waals surface area contributed by atoms with Crippen LogP contribution in [0.15, 0.2) is 42.5 Å². The number of fused-ring (bicyclic) bond motifs is 1. The van der Waals surface area contributed by atoms with Gasteiger partial charge in [0.05, 0.1) is 20.3 Å². The maximum absolute atomic E-state index is 12.6. The third-order valence-corrected chi connectivity index (χ3v) is 5.00. The molecule has 1 amide bonds. The van der Waals surface area contributed by atoms with Gasteiger partial charge in [-0.2, -0.15) is 0 Å². The van der Waals surface area contributed by atoms with Crippen molar-refractivity contribution < 1.29 is 14.3 Å². The molecule has 0 bridgehead atoms. The van der Waals surface area contributed by atoms with Gasteiger partial charge in [0, 0.05) is 19.6 Å². The molecule has 5 heteroatoms. The van der Waals surface area contributed by atoms with Crippen LogP contribution in [0.5, 0.6) is 11.5 Å². The SMILES string of the molecule is COc1ccc(CNC(=O)[C@@H](C)N2CCc3ccccc3C2)cc1OC. The Morgan fingerprint density at radius 3 is 2.58 bits per heavy atom. The van der Waals surface area contributed by atoms with Gasteiger partial charge in [-0.3, -0.25) is 9.69 Å². The number of ether oxygens (including phenoxy) is 2. The van der Waals surface area contributed by atoms with Crippen molar-refractivity contribution in [1.82, 2.24) is 10.2 Å². The van der Waals surface area contributed by atoms with E-state index in [9.17, 15) is 4.79 Å². The molecule has 2 aromatic rings. The van der Waals surface area contributed by atoms with Crippen LogP contribution >= 0.6 is 0 Å². The second kappa shape index (κ2) is 8.23. The highest BCUT2D eigenvalue weighted by molar-refractivity contribution is 5.81. The smallest absolute Gasteiger partial charge is 0.237 e. The minimum absolute atomic E-state index is 0.0409. The lowest BCUT2D eigenvalue weighted by atomic mass is 9.99. The van der Waals surface area contributed by atoms with Crippen LogP contribution in [-0.2, 0) is 24.3 Å². The third-order valence-electron chi connectivity index (χ3n) is 5.00. The number of amides is 1. The largest absolute Gasteiger partial charge is 0.493 e. The van der Waals surface area contributed by atoms with Gasteiger partial charge in [0.2, 0.25) is 5.91 Å². The molecule has 0 saturated heterocycles. The molecular formula is C21H26N2O3. The molecular weight excluding hydrogens is 328 g/mol. The van der Waals surface area contributed by atoms with E-state index >= 15 is 0 Å². The molecule has 1 N–H and O–H groups in total. The van der Waals surface area contributed by atoms with Gasteiger partial charge in [-0.05, 0) is 42.2 Å². The summed E-state index contributed by atoms with van der Waals surface area (Å²) in [7, 11) is 3.22. The Bertz CT molecular complexity index is 776. The summed E-state index contributed by atoms with van der Waals surface area (Å²) >= 11 is 0. The lowest BCUT2D eigenvalue weighted by Gasteiger charge is -2.32. The zero-order valence-electron chi connectivity index (χ0n) is 15.6. The molecule has 0 aliphatic carbocycles. The van der Waals surface area contributed by atoms with Crippen LogP contribution in [0, 0.1) is 0 Å². The van der Waals surface area contributed by atoms with Crippen molar-refractivity contribution in [3.05, 3.63) is 59.2 Å². The van der Waals surface area contributed by atoms with Crippen molar-refractivity contribution in [3.63, 3.8) is 0 Å². The zero-order chi connectivity index (χ0) is 18.5. The summed E-state index contributed by atoms with van der Waals surface area (Å²) in [5.41, 5.74) is 3.69. The molecule has 1 heterocycles. The summed E-state index contributed by atoms with van der Waals surface area (Å²) in [6.07, 6.45) is 0.990. The van der Waals surface area contributed by atoms with E-state index in [-0.39, 0.29) is 11.9 Å². The fourth-order valence-corrected chi connectivity index (χ4v) is 3.34. The van der Waals surface area contributed by atoms with E-state index in [0.717, 1.165) is 25.1 Å². The minimum atomic E-state index is -0.163. The maximum atomic E-state index is 12.6. The van der Waals surface area contributed by atoms with Gasteiger partial charge in [-0.15, -0.1) is 0 Å². The van der Waals surface area contributed by atoms with Crippen molar-refractivity contribution in [1.29, 1.82) is 0 Å². The Morgan fingerprint density at radius 1 is 1.12 bits per heavy atom. The maximum Gasteiger partial charge on any atom is 0.237 e. The lowest BCUT2D eigenvalue weighted by molar-refractivity contribution is -0.126. The van der Waals surface area contributed by atoms with Crippen LogP contribution in [0.4, 0.5) is 0 Å². The highest BCUT2D eigenvalue weighted by Crippen LogP contribution is 2.27. The quantitative estimate of drug-likeness (QED) is 0.867. The van der Waals surface area contributed by atoms with Crippen molar-refractivity contribution >= 4 is 5.91 Å². The summed E-state index contributed by atoms with van der Waals surface area (Å²) in [6.45, 7) is 4.16. The van der Waals surface area contributed by atoms with E-state index in [1.165, 1.54) is 11.1 Å². The first kappa shape index (κ1) is 18.3. The Labute approximate surface area is 154 Å². The molecule has 2 aromatic carbocycles. The van der Waals surface area contributed by atoms with E-state index in [4.69, 9.17) is 9.47 Å². The molecule has 0 saturated carbocycles. The molecule has 0 spiro atoms. The molecule has 0 unspecified atom stereocenters. The van der Waals surface area contributed by atoms with Gasteiger partial charge < -0.3 is 14.8 Å². The van der Waals surface area contributed by atoms with Crippen LogP contribution in [0.3, 0.4) is 0 Å². The number of carbonyl (C=O) groups is 1. The number of carbonyl (C=O) groups excluding carboxylic acids is 1.